The summed E-state index contributed by atoms with van der Waals surface area (Å²) in [6, 6.07) is 0.183. The Balaban J connectivity index is 2.88. The van der Waals surface area contributed by atoms with Gasteiger partial charge in [0.15, 0.2) is 0 Å². The molecule has 0 saturated heterocycles. The Bertz CT molecular complexity index is 346. The van der Waals surface area contributed by atoms with Gasteiger partial charge in [-0.3, -0.25) is 4.68 Å². The highest BCUT2D eigenvalue weighted by atomic mass is 16.3. The van der Waals surface area contributed by atoms with E-state index in [0.29, 0.717) is 18.0 Å². The van der Waals surface area contributed by atoms with Gasteiger partial charge in [-0.25, -0.2) is 0 Å². The summed E-state index contributed by atoms with van der Waals surface area (Å²) in [5, 5.41) is 16.5. The summed E-state index contributed by atoms with van der Waals surface area (Å²) in [5.41, 5.74) is 7.67. The molecule has 0 amide bonds. The molecule has 0 saturated carbocycles. The fourth-order valence-corrected chi connectivity index (χ4v) is 1.66. The third-order valence-corrected chi connectivity index (χ3v) is 2.60. The number of anilines is 2. The van der Waals surface area contributed by atoms with Gasteiger partial charge >= 0.3 is 0 Å². The molecule has 1 rings (SSSR count). The highest BCUT2D eigenvalue weighted by Crippen LogP contribution is 2.28. The van der Waals surface area contributed by atoms with Crippen molar-refractivity contribution in [2.45, 2.75) is 39.2 Å². The molecule has 1 aromatic rings. The molecule has 4 N–H and O–H groups in total. The molecule has 0 aliphatic heterocycles. The first-order chi connectivity index (χ1) is 7.47. The largest absolute Gasteiger partial charge is 0.396 e. The van der Waals surface area contributed by atoms with Crippen LogP contribution in [0.2, 0.25) is 0 Å². The quantitative estimate of drug-likeness (QED) is 0.707. The van der Waals surface area contributed by atoms with Crippen molar-refractivity contribution in [1.82, 2.24) is 9.78 Å². The van der Waals surface area contributed by atoms with Gasteiger partial charge in [-0.1, -0.05) is 13.8 Å². The number of hydrogen-bond donors (Lipinski definition) is 3. The van der Waals surface area contributed by atoms with E-state index in [0.717, 1.165) is 11.5 Å². The fourth-order valence-electron chi connectivity index (χ4n) is 1.66. The smallest absolute Gasteiger partial charge is 0.148 e. The third-order valence-electron chi connectivity index (χ3n) is 2.60. The van der Waals surface area contributed by atoms with Crippen molar-refractivity contribution in [1.29, 1.82) is 0 Å². The number of aryl methyl sites for hydroxylation is 1. The molecule has 0 bridgehead atoms. The highest BCUT2D eigenvalue weighted by Gasteiger charge is 2.16. The summed E-state index contributed by atoms with van der Waals surface area (Å²) in [6.45, 7) is 6.32. The van der Waals surface area contributed by atoms with Crippen LogP contribution in [0.25, 0.3) is 0 Å². The zero-order chi connectivity index (χ0) is 12.3. The van der Waals surface area contributed by atoms with Crippen LogP contribution in [0.15, 0.2) is 0 Å². The van der Waals surface area contributed by atoms with Crippen LogP contribution in [-0.2, 0) is 7.05 Å². The number of aliphatic hydroxyl groups is 1. The van der Waals surface area contributed by atoms with E-state index in [1.54, 1.807) is 4.68 Å². The third kappa shape index (κ3) is 2.66. The van der Waals surface area contributed by atoms with Crippen LogP contribution in [0.4, 0.5) is 11.5 Å². The average molecular weight is 226 g/mol. The first kappa shape index (κ1) is 12.8. The minimum absolute atomic E-state index is 0.170. The van der Waals surface area contributed by atoms with Crippen LogP contribution < -0.4 is 11.1 Å². The summed E-state index contributed by atoms with van der Waals surface area (Å²) in [7, 11) is 1.87. The molecule has 0 radical (unpaired) electrons. The van der Waals surface area contributed by atoms with Gasteiger partial charge < -0.3 is 16.2 Å². The molecule has 92 valence electrons. The molecule has 0 aliphatic carbocycles. The number of nitrogens with two attached hydrogens (primary N) is 1. The average Bonchev–Trinajstić information content (AvgIpc) is 2.46. The minimum Gasteiger partial charge on any atom is -0.396 e. The topological polar surface area (TPSA) is 76.1 Å². The second kappa shape index (κ2) is 5.21. The standard InChI is InChI=1S/C11H22N4O/c1-7(2)10-9(12)11(15(4)14-10)13-8(3)5-6-16/h7-8,13,16H,5-6,12H2,1-4H3. The van der Waals surface area contributed by atoms with Crippen LogP contribution in [0.1, 0.15) is 38.8 Å². The summed E-state index contributed by atoms with van der Waals surface area (Å²) < 4.78 is 1.76. The number of nitrogens with one attached hydrogen (secondary N) is 1. The molecular formula is C11H22N4O. The lowest BCUT2D eigenvalue weighted by Gasteiger charge is -2.14. The van der Waals surface area contributed by atoms with E-state index in [1.165, 1.54) is 0 Å². The molecule has 0 aromatic carbocycles. The van der Waals surface area contributed by atoms with Gasteiger partial charge in [0.2, 0.25) is 0 Å². The molecule has 5 nitrogen and oxygen atoms in total. The van der Waals surface area contributed by atoms with E-state index in [-0.39, 0.29) is 12.6 Å². The summed E-state index contributed by atoms with van der Waals surface area (Å²) in [5.74, 6) is 1.15. The second-order valence-corrected chi connectivity index (χ2v) is 4.48. The van der Waals surface area contributed by atoms with Crippen LogP contribution >= 0.6 is 0 Å². The van der Waals surface area contributed by atoms with Crippen molar-refractivity contribution < 1.29 is 5.11 Å². The van der Waals surface area contributed by atoms with E-state index < -0.39 is 0 Å². The van der Waals surface area contributed by atoms with E-state index in [2.05, 4.69) is 24.3 Å². The SMILES string of the molecule is CC(CCO)Nc1c(N)c(C(C)C)nn1C. The van der Waals surface area contributed by atoms with Gasteiger partial charge in [0.05, 0.1) is 11.4 Å². The molecule has 1 aromatic heterocycles. The summed E-state index contributed by atoms with van der Waals surface area (Å²) in [6.07, 6.45) is 0.696. The van der Waals surface area contributed by atoms with E-state index >= 15 is 0 Å². The molecule has 1 unspecified atom stereocenters. The van der Waals surface area contributed by atoms with Crippen molar-refractivity contribution >= 4 is 11.5 Å². The van der Waals surface area contributed by atoms with Crippen LogP contribution in [0.3, 0.4) is 0 Å². The fraction of sp³-hybridized carbons (Fsp3) is 0.727. The number of aliphatic hydroxyl groups excluding tert-OH is 1. The molecule has 5 heteroatoms. The Hall–Kier alpha value is -1.23. The summed E-state index contributed by atoms with van der Waals surface area (Å²) in [4.78, 5) is 0. The van der Waals surface area contributed by atoms with Crippen molar-refractivity contribution in [3.63, 3.8) is 0 Å². The number of hydrogen-bond acceptors (Lipinski definition) is 4. The first-order valence-corrected chi connectivity index (χ1v) is 5.67. The molecule has 1 atom stereocenters. The molecule has 0 spiro atoms. The van der Waals surface area contributed by atoms with Gasteiger partial charge in [0.1, 0.15) is 5.82 Å². The molecule has 0 fully saturated rings. The van der Waals surface area contributed by atoms with Gasteiger partial charge in [0, 0.05) is 19.7 Å². The van der Waals surface area contributed by atoms with E-state index in [9.17, 15) is 0 Å². The van der Waals surface area contributed by atoms with E-state index in [1.807, 2.05) is 14.0 Å². The minimum atomic E-state index is 0.170. The van der Waals surface area contributed by atoms with Crippen molar-refractivity contribution in [2.75, 3.05) is 17.7 Å². The predicted octanol–water partition coefficient (Wildman–Crippen LogP) is 1.31. The number of rotatable bonds is 5. The lowest BCUT2D eigenvalue weighted by atomic mass is 10.1. The zero-order valence-electron chi connectivity index (χ0n) is 10.5. The Labute approximate surface area is 96.6 Å². The second-order valence-electron chi connectivity index (χ2n) is 4.48. The van der Waals surface area contributed by atoms with Crippen LogP contribution in [0.5, 0.6) is 0 Å². The number of nitrogen functional groups attached to an aromatic ring is 1. The van der Waals surface area contributed by atoms with Gasteiger partial charge in [0.25, 0.3) is 0 Å². The van der Waals surface area contributed by atoms with Crippen molar-refractivity contribution in [3.05, 3.63) is 5.69 Å². The normalized spacial score (nSPS) is 13.1. The first-order valence-electron chi connectivity index (χ1n) is 5.67. The van der Waals surface area contributed by atoms with Crippen molar-refractivity contribution in [3.8, 4) is 0 Å². The lowest BCUT2D eigenvalue weighted by Crippen LogP contribution is -2.19. The lowest BCUT2D eigenvalue weighted by molar-refractivity contribution is 0.282. The number of aromatic nitrogens is 2. The Kier molecular flexibility index (Phi) is 4.18. The molecule has 0 aliphatic rings. The van der Waals surface area contributed by atoms with Gasteiger partial charge in [-0.2, -0.15) is 5.10 Å². The maximum Gasteiger partial charge on any atom is 0.148 e. The maximum absolute atomic E-state index is 8.85. The molecular weight excluding hydrogens is 204 g/mol. The monoisotopic (exact) mass is 226 g/mol. The van der Waals surface area contributed by atoms with Crippen LogP contribution in [0, 0.1) is 0 Å². The predicted molar refractivity (Wildman–Crippen MR) is 66.5 cm³/mol. The van der Waals surface area contributed by atoms with Crippen molar-refractivity contribution in [2.24, 2.45) is 7.05 Å². The molecule has 1 heterocycles. The van der Waals surface area contributed by atoms with E-state index in [4.69, 9.17) is 10.8 Å². The Morgan fingerprint density at radius 1 is 1.44 bits per heavy atom. The summed E-state index contributed by atoms with van der Waals surface area (Å²) >= 11 is 0. The zero-order valence-corrected chi connectivity index (χ0v) is 10.5. The Morgan fingerprint density at radius 2 is 2.06 bits per heavy atom. The van der Waals surface area contributed by atoms with Gasteiger partial charge in [-0.05, 0) is 19.3 Å². The number of nitrogens with zero attached hydrogens (tertiary/aromatic N) is 2. The highest BCUT2D eigenvalue weighted by molar-refractivity contribution is 5.66. The maximum atomic E-state index is 8.85. The van der Waals surface area contributed by atoms with Crippen LogP contribution in [-0.4, -0.2) is 27.5 Å². The van der Waals surface area contributed by atoms with Gasteiger partial charge in [-0.15, -0.1) is 0 Å². The Morgan fingerprint density at radius 3 is 2.50 bits per heavy atom. The molecule has 16 heavy (non-hydrogen) atoms.